The molecule has 1 aliphatic carbocycles. The summed E-state index contributed by atoms with van der Waals surface area (Å²) in [5.74, 6) is -0.216. The van der Waals surface area contributed by atoms with E-state index in [-0.39, 0.29) is 17.5 Å². The van der Waals surface area contributed by atoms with E-state index in [1.807, 2.05) is 18.2 Å². The molecule has 2 nitrogen and oxygen atoms in total. The van der Waals surface area contributed by atoms with Crippen LogP contribution < -0.4 is 0 Å². The van der Waals surface area contributed by atoms with Gasteiger partial charge < -0.3 is 4.74 Å². The molecule has 0 amide bonds. The molecule has 1 saturated carbocycles. The van der Waals surface area contributed by atoms with E-state index in [9.17, 15) is 4.79 Å². The standard InChI is InChI=1S/C14H14O2/c1-10-9-12(16-13(10)15)14(7-8-14)11-5-3-2-4-6-11/h2-6,12H,1,7-9H2/t12-/m1/s1. The highest BCUT2D eigenvalue weighted by Gasteiger charge is 2.54. The van der Waals surface area contributed by atoms with Gasteiger partial charge in [0.25, 0.3) is 0 Å². The van der Waals surface area contributed by atoms with Crippen LogP contribution >= 0.6 is 0 Å². The molecule has 0 radical (unpaired) electrons. The summed E-state index contributed by atoms with van der Waals surface area (Å²) in [5.41, 5.74) is 1.99. The minimum atomic E-state index is -0.216. The van der Waals surface area contributed by atoms with Crippen LogP contribution in [0.25, 0.3) is 0 Å². The summed E-state index contributed by atoms with van der Waals surface area (Å²) in [6.45, 7) is 3.75. The zero-order valence-electron chi connectivity index (χ0n) is 9.11. The first-order chi connectivity index (χ1) is 7.72. The summed E-state index contributed by atoms with van der Waals surface area (Å²) < 4.78 is 5.42. The van der Waals surface area contributed by atoms with Gasteiger partial charge in [-0.15, -0.1) is 0 Å². The number of benzene rings is 1. The second-order valence-electron chi connectivity index (χ2n) is 4.72. The van der Waals surface area contributed by atoms with Crippen molar-refractivity contribution in [3.63, 3.8) is 0 Å². The van der Waals surface area contributed by atoms with E-state index in [2.05, 4.69) is 18.7 Å². The van der Waals surface area contributed by atoms with Crippen LogP contribution in [0, 0.1) is 0 Å². The molecule has 0 unspecified atom stereocenters. The highest BCUT2D eigenvalue weighted by atomic mass is 16.6. The first kappa shape index (κ1) is 9.64. The van der Waals surface area contributed by atoms with Crippen molar-refractivity contribution < 1.29 is 9.53 Å². The van der Waals surface area contributed by atoms with Crippen LogP contribution in [0.5, 0.6) is 0 Å². The molecule has 3 rings (SSSR count). The molecule has 2 fully saturated rings. The lowest BCUT2D eigenvalue weighted by molar-refractivity contribution is -0.140. The van der Waals surface area contributed by atoms with Crippen molar-refractivity contribution in [1.82, 2.24) is 0 Å². The first-order valence-corrected chi connectivity index (χ1v) is 5.67. The van der Waals surface area contributed by atoms with Crippen molar-refractivity contribution in [2.45, 2.75) is 30.8 Å². The number of cyclic esters (lactones) is 1. The minimum Gasteiger partial charge on any atom is -0.458 e. The van der Waals surface area contributed by atoms with Crippen LogP contribution in [0.1, 0.15) is 24.8 Å². The summed E-state index contributed by atoms with van der Waals surface area (Å²) in [5, 5.41) is 0. The lowest BCUT2D eigenvalue weighted by Crippen LogP contribution is -2.25. The zero-order valence-corrected chi connectivity index (χ0v) is 9.11. The van der Waals surface area contributed by atoms with Crippen LogP contribution in [0.3, 0.4) is 0 Å². The Morgan fingerprint density at radius 1 is 1.25 bits per heavy atom. The molecular weight excluding hydrogens is 200 g/mol. The molecule has 82 valence electrons. The van der Waals surface area contributed by atoms with Gasteiger partial charge in [0.1, 0.15) is 6.10 Å². The normalized spacial score (nSPS) is 26.6. The molecule has 1 atom stereocenters. The van der Waals surface area contributed by atoms with Gasteiger partial charge in [0.2, 0.25) is 0 Å². The Balaban J connectivity index is 1.90. The van der Waals surface area contributed by atoms with Crippen molar-refractivity contribution in [1.29, 1.82) is 0 Å². The molecule has 16 heavy (non-hydrogen) atoms. The maximum atomic E-state index is 11.4. The molecule has 0 bridgehead atoms. The predicted molar refractivity (Wildman–Crippen MR) is 61.0 cm³/mol. The van der Waals surface area contributed by atoms with Crippen LogP contribution in [-0.2, 0) is 14.9 Å². The van der Waals surface area contributed by atoms with Crippen LogP contribution in [0.2, 0.25) is 0 Å². The maximum absolute atomic E-state index is 11.4. The zero-order chi connectivity index (χ0) is 11.2. The Morgan fingerprint density at radius 2 is 1.94 bits per heavy atom. The first-order valence-electron chi connectivity index (χ1n) is 5.67. The van der Waals surface area contributed by atoms with E-state index in [4.69, 9.17) is 4.74 Å². The number of hydrogen-bond donors (Lipinski definition) is 0. The lowest BCUT2D eigenvalue weighted by Gasteiger charge is -2.21. The molecule has 0 N–H and O–H groups in total. The number of carbonyl (C=O) groups is 1. The van der Waals surface area contributed by atoms with Gasteiger partial charge in [-0.2, -0.15) is 0 Å². The van der Waals surface area contributed by atoms with Crippen molar-refractivity contribution >= 4 is 5.97 Å². The molecule has 0 spiro atoms. The monoisotopic (exact) mass is 214 g/mol. The molecule has 2 aliphatic rings. The fourth-order valence-electron chi connectivity index (χ4n) is 2.57. The highest BCUT2D eigenvalue weighted by Crippen LogP contribution is 2.54. The average Bonchev–Trinajstić information content (AvgIpc) is 3.04. The van der Waals surface area contributed by atoms with Crippen molar-refractivity contribution in [3.05, 3.63) is 48.0 Å². The smallest absolute Gasteiger partial charge is 0.333 e. The molecule has 1 heterocycles. The Hall–Kier alpha value is -1.57. The second-order valence-corrected chi connectivity index (χ2v) is 4.72. The molecule has 1 aromatic rings. The van der Waals surface area contributed by atoms with Gasteiger partial charge in [0.05, 0.1) is 0 Å². The van der Waals surface area contributed by atoms with Crippen molar-refractivity contribution in [2.75, 3.05) is 0 Å². The van der Waals surface area contributed by atoms with E-state index in [1.165, 1.54) is 5.56 Å². The fourth-order valence-corrected chi connectivity index (χ4v) is 2.57. The van der Waals surface area contributed by atoms with E-state index < -0.39 is 0 Å². The van der Waals surface area contributed by atoms with Gasteiger partial charge in [-0.25, -0.2) is 4.79 Å². The lowest BCUT2D eigenvalue weighted by atomic mass is 9.88. The van der Waals surface area contributed by atoms with E-state index >= 15 is 0 Å². The Labute approximate surface area is 94.9 Å². The van der Waals surface area contributed by atoms with E-state index in [1.54, 1.807) is 0 Å². The quantitative estimate of drug-likeness (QED) is 0.558. The Morgan fingerprint density at radius 3 is 2.44 bits per heavy atom. The fraction of sp³-hybridized carbons (Fsp3) is 0.357. The molecule has 1 saturated heterocycles. The van der Waals surface area contributed by atoms with Gasteiger partial charge in [0, 0.05) is 17.4 Å². The summed E-state index contributed by atoms with van der Waals surface area (Å²) in [6.07, 6.45) is 2.92. The summed E-state index contributed by atoms with van der Waals surface area (Å²) >= 11 is 0. The Kier molecular flexibility index (Phi) is 1.93. The van der Waals surface area contributed by atoms with Crippen LogP contribution in [0.4, 0.5) is 0 Å². The van der Waals surface area contributed by atoms with E-state index in [0.29, 0.717) is 12.0 Å². The van der Waals surface area contributed by atoms with Gasteiger partial charge in [-0.3, -0.25) is 0 Å². The van der Waals surface area contributed by atoms with Gasteiger partial charge >= 0.3 is 5.97 Å². The number of rotatable bonds is 2. The average molecular weight is 214 g/mol. The summed E-state index contributed by atoms with van der Waals surface area (Å²) in [6, 6.07) is 10.4. The molecule has 1 aliphatic heterocycles. The number of ether oxygens (including phenoxy) is 1. The number of carbonyl (C=O) groups excluding carboxylic acids is 1. The SMILES string of the molecule is C=C1C[C@H](C2(c3ccccc3)CC2)OC1=O. The predicted octanol–water partition coefficient (Wildman–Crippen LogP) is 2.59. The maximum Gasteiger partial charge on any atom is 0.333 e. The summed E-state index contributed by atoms with van der Waals surface area (Å²) in [4.78, 5) is 11.4. The summed E-state index contributed by atoms with van der Waals surface area (Å²) in [7, 11) is 0. The van der Waals surface area contributed by atoms with Crippen LogP contribution in [0.15, 0.2) is 42.5 Å². The topological polar surface area (TPSA) is 26.3 Å². The van der Waals surface area contributed by atoms with Gasteiger partial charge in [-0.1, -0.05) is 36.9 Å². The molecule has 0 aromatic heterocycles. The Bertz CT molecular complexity index is 427. The van der Waals surface area contributed by atoms with E-state index in [0.717, 1.165) is 12.8 Å². The van der Waals surface area contributed by atoms with Gasteiger partial charge in [-0.05, 0) is 18.4 Å². The minimum absolute atomic E-state index is 0.00917. The third kappa shape index (κ3) is 1.29. The van der Waals surface area contributed by atoms with Gasteiger partial charge in [0.15, 0.2) is 0 Å². The van der Waals surface area contributed by atoms with Crippen molar-refractivity contribution in [3.8, 4) is 0 Å². The number of esters is 1. The second kappa shape index (κ2) is 3.21. The van der Waals surface area contributed by atoms with Crippen LogP contribution in [-0.4, -0.2) is 12.1 Å². The highest BCUT2D eigenvalue weighted by molar-refractivity contribution is 5.90. The largest absolute Gasteiger partial charge is 0.458 e. The molecule has 1 aromatic carbocycles. The molecule has 2 heteroatoms. The number of hydrogen-bond acceptors (Lipinski definition) is 2. The van der Waals surface area contributed by atoms with Crippen molar-refractivity contribution in [2.24, 2.45) is 0 Å². The third-order valence-corrected chi connectivity index (χ3v) is 3.72. The molecular formula is C14H14O2. The third-order valence-electron chi connectivity index (χ3n) is 3.72.